The zero-order valence-electron chi connectivity index (χ0n) is 10.4. The Kier molecular flexibility index (Phi) is 5.77. The molecule has 3 N–H and O–H groups in total. The maximum atomic E-state index is 11.5. The Morgan fingerprint density at radius 3 is 2.62 bits per heavy atom. The van der Waals surface area contributed by atoms with Gasteiger partial charge in [0.05, 0.1) is 18.8 Å². The minimum absolute atomic E-state index is 0.0787. The van der Waals surface area contributed by atoms with Crippen molar-refractivity contribution in [2.75, 3.05) is 13.2 Å². The molecule has 1 aliphatic rings. The summed E-state index contributed by atoms with van der Waals surface area (Å²) in [5.41, 5.74) is 5.71. The molecule has 0 spiro atoms. The smallest absolute Gasteiger partial charge is 0.237 e. The van der Waals surface area contributed by atoms with Gasteiger partial charge in [-0.2, -0.15) is 0 Å². The van der Waals surface area contributed by atoms with E-state index in [-0.39, 0.29) is 11.8 Å². The molecule has 4 heteroatoms. The van der Waals surface area contributed by atoms with Gasteiger partial charge in [-0.1, -0.05) is 26.7 Å². The third-order valence-electron chi connectivity index (χ3n) is 3.08. The molecule has 1 amide bonds. The number of hydrogen-bond donors (Lipinski definition) is 2. The summed E-state index contributed by atoms with van der Waals surface area (Å²) >= 11 is 0. The van der Waals surface area contributed by atoms with E-state index in [1.165, 1.54) is 25.7 Å². The molecule has 1 saturated carbocycles. The van der Waals surface area contributed by atoms with Gasteiger partial charge in [0.25, 0.3) is 0 Å². The van der Waals surface area contributed by atoms with Gasteiger partial charge in [0, 0.05) is 6.54 Å². The molecular weight excluding hydrogens is 204 g/mol. The van der Waals surface area contributed by atoms with E-state index in [4.69, 9.17) is 10.5 Å². The van der Waals surface area contributed by atoms with E-state index in [1.54, 1.807) is 0 Å². The van der Waals surface area contributed by atoms with Crippen LogP contribution < -0.4 is 11.1 Å². The van der Waals surface area contributed by atoms with Crippen LogP contribution in [0.2, 0.25) is 0 Å². The number of carbonyl (C=O) groups excluding carboxylic acids is 1. The Balaban J connectivity index is 2.03. The van der Waals surface area contributed by atoms with Crippen LogP contribution in [0.4, 0.5) is 0 Å². The Labute approximate surface area is 97.9 Å². The Morgan fingerprint density at radius 1 is 1.44 bits per heavy atom. The van der Waals surface area contributed by atoms with Gasteiger partial charge in [-0.3, -0.25) is 4.79 Å². The second kappa shape index (κ2) is 6.86. The number of nitrogens with two attached hydrogens (primary N) is 1. The summed E-state index contributed by atoms with van der Waals surface area (Å²) in [6, 6.07) is -0.411. The van der Waals surface area contributed by atoms with E-state index in [9.17, 15) is 4.79 Å². The Hall–Kier alpha value is -0.610. The lowest BCUT2D eigenvalue weighted by Crippen LogP contribution is -2.45. The van der Waals surface area contributed by atoms with Gasteiger partial charge in [-0.25, -0.2) is 0 Å². The lowest BCUT2D eigenvalue weighted by molar-refractivity contribution is -0.123. The molecule has 0 heterocycles. The van der Waals surface area contributed by atoms with Crippen molar-refractivity contribution in [2.45, 2.75) is 51.7 Å². The summed E-state index contributed by atoms with van der Waals surface area (Å²) in [7, 11) is 0. The van der Waals surface area contributed by atoms with Gasteiger partial charge in [0.15, 0.2) is 0 Å². The summed E-state index contributed by atoms with van der Waals surface area (Å²) in [4.78, 5) is 11.5. The molecule has 1 atom stereocenters. The first-order chi connectivity index (χ1) is 7.61. The largest absolute Gasteiger partial charge is 0.376 e. The molecule has 0 aliphatic heterocycles. The molecule has 0 bridgehead atoms. The van der Waals surface area contributed by atoms with Crippen molar-refractivity contribution in [1.29, 1.82) is 0 Å². The average molecular weight is 228 g/mol. The quantitative estimate of drug-likeness (QED) is 0.668. The zero-order chi connectivity index (χ0) is 12.0. The number of rotatable bonds is 6. The molecule has 0 aromatic carbocycles. The van der Waals surface area contributed by atoms with Gasteiger partial charge in [-0.05, 0) is 18.8 Å². The van der Waals surface area contributed by atoms with Crippen molar-refractivity contribution in [3.63, 3.8) is 0 Å². The monoisotopic (exact) mass is 228 g/mol. The summed E-state index contributed by atoms with van der Waals surface area (Å²) in [5, 5.41) is 2.80. The number of carbonyl (C=O) groups is 1. The fourth-order valence-electron chi connectivity index (χ4n) is 1.88. The van der Waals surface area contributed by atoms with Crippen LogP contribution in [0.1, 0.15) is 39.5 Å². The van der Waals surface area contributed by atoms with Crippen molar-refractivity contribution < 1.29 is 9.53 Å². The number of amides is 1. The van der Waals surface area contributed by atoms with E-state index in [1.807, 2.05) is 13.8 Å². The molecule has 16 heavy (non-hydrogen) atoms. The molecule has 1 fully saturated rings. The number of nitrogens with one attached hydrogen (secondary N) is 1. The number of hydrogen-bond acceptors (Lipinski definition) is 3. The predicted octanol–water partition coefficient (Wildman–Crippen LogP) is 1.05. The van der Waals surface area contributed by atoms with Crippen LogP contribution in [-0.2, 0) is 9.53 Å². The second-order valence-electron chi connectivity index (χ2n) is 4.84. The summed E-state index contributed by atoms with van der Waals surface area (Å²) < 4.78 is 5.64. The normalized spacial score (nSPS) is 19.0. The molecule has 4 nitrogen and oxygen atoms in total. The lowest BCUT2D eigenvalue weighted by atomic mass is 10.1. The molecule has 0 radical (unpaired) electrons. The fraction of sp³-hybridized carbons (Fsp3) is 0.917. The minimum atomic E-state index is -0.411. The summed E-state index contributed by atoms with van der Waals surface area (Å²) in [5.74, 6) is 0.0979. The van der Waals surface area contributed by atoms with E-state index in [0.717, 1.165) is 0 Å². The van der Waals surface area contributed by atoms with Gasteiger partial charge < -0.3 is 15.8 Å². The lowest BCUT2D eigenvalue weighted by Gasteiger charge is -2.16. The number of ether oxygens (including phenoxy) is 1. The highest BCUT2D eigenvalue weighted by molar-refractivity contribution is 5.81. The van der Waals surface area contributed by atoms with Crippen LogP contribution in [0, 0.1) is 5.92 Å². The fourth-order valence-corrected chi connectivity index (χ4v) is 1.88. The third kappa shape index (κ3) is 4.49. The van der Waals surface area contributed by atoms with Crippen LogP contribution in [0.5, 0.6) is 0 Å². The van der Waals surface area contributed by atoms with Gasteiger partial charge in [0.1, 0.15) is 0 Å². The van der Waals surface area contributed by atoms with Crippen LogP contribution >= 0.6 is 0 Å². The summed E-state index contributed by atoms with van der Waals surface area (Å²) in [6.07, 6.45) is 5.29. The van der Waals surface area contributed by atoms with E-state index >= 15 is 0 Å². The van der Waals surface area contributed by atoms with Crippen LogP contribution in [0.15, 0.2) is 0 Å². The molecule has 94 valence electrons. The van der Waals surface area contributed by atoms with Crippen molar-refractivity contribution >= 4 is 5.91 Å². The van der Waals surface area contributed by atoms with Crippen molar-refractivity contribution in [3.05, 3.63) is 0 Å². The molecular formula is C12H24N2O2. The molecule has 0 aromatic rings. The minimum Gasteiger partial charge on any atom is -0.376 e. The Morgan fingerprint density at radius 2 is 2.06 bits per heavy atom. The third-order valence-corrected chi connectivity index (χ3v) is 3.08. The first kappa shape index (κ1) is 13.5. The van der Waals surface area contributed by atoms with Crippen LogP contribution in [-0.4, -0.2) is 31.2 Å². The van der Waals surface area contributed by atoms with Gasteiger partial charge in [0.2, 0.25) is 5.91 Å². The maximum absolute atomic E-state index is 11.5. The summed E-state index contributed by atoms with van der Waals surface area (Å²) in [6.45, 7) is 5.05. The van der Waals surface area contributed by atoms with Crippen molar-refractivity contribution in [2.24, 2.45) is 11.7 Å². The Bertz CT molecular complexity index is 213. The van der Waals surface area contributed by atoms with Crippen LogP contribution in [0.25, 0.3) is 0 Å². The van der Waals surface area contributed by atoms with E-state index < -0.39 is 6.04 Å². The SMILES string of the molecule is CC(C)[C@H](N)C(=O)NCCOC1CCCC1. The van der Waals surface area contributed by atoms with E-state index in [0.29, 0.717) is 19.3 Å². The average Bonchev–Trinajstić information content (AvgIpc) is 2.75. The highest BCUT2D eigenvalue weighted by Gasteiger charge is 2.17. The standard InChI is InChI=1S/C12H24N2O2/c1-9(2)11(13)12(15)14-7-8-16-10-5-3-4-6-10/h9-11H,3-8,13H2,1-2H3,(H,14,15)/t11-/m0/s1. The molecule has 0 saturated heterocycles. The van der Waals surface area contributed by atoms with Gasteiger partial charge >= 0.3 is 0 Å². The molecule has 1 rings (SSSR count). The first-order valence-corrected chi connectivity index (χ1v) is 6.26. The highest BCUT2D eigenvalue weighted by Crippen LogP contribution is 2.20. The maximum Gasteiger partial charge on any atom is 0.237 e. The molecule has 1 aliphatic carbocycles. The highest BCUT2D eigenvalue weighted by atomic mass is 16.5. The van der Waals surface area contributed by atoms with Crippen molar-refractivity contribution in [3.8, 4) is 0 Å². The first-order valence-electron chi connectivity index (χ1n) is 6.26. The topological polar surface area (TPSA) is 64.4 Å². The molecule has 0 aromatic heterocycles. The molecule has 0 unspecified atom stereocenters. The zero-order valence-corrected chi connectivity index (χ0v) is 10.4. The van der Waals surface area contributed by atoms with Crippen molar-refractivity contribution in [1.82, 2.24) is 5.32 Å². The van der Waals surface area contributed by atoms with Crippen LogP contribution in [0.3, 0.4) is 0 Å². The van der Waals surface area contributed by atoms with E-state index in [2.05, 4.69) is 5.32 Å². The second-order valence-corrected chi connectivity index (χ2v) is 4.84. The van der Waals surface area contributed by atoms with Gasteiger partial charge in [-0.15, -0.1) is 0 Å². The predicted molar refractivity (Wildman–Crippen MR) is 64.0 cm³/mol.